The minimum absolute atomic E-state index is 0.126. The van der Waals surface area contributed by atoms with Crippen molar-refractivity contribution in [1.82, 2.24) is 34.5 Å². The number of carbonyl (C=O) groups excluding carboxylic acids is 1. The second-order valence-electron chi connectivity index (χ2n) is 11.2. The van der Waals surface area contributed by atoms with E-state index >= 15 is 0 Å². The number of aromatic nitrogens is 5. The number of amides is 2. The maximum Gasteiger partial charge on any atom is 0.322 e. The van der Waals surface area contributed by atoms with Crippen LogP contribution in [0.3, 0.4) is 0 Å². The molecule has 41 heavy (non-hydrogen) atoms. The van der Waals surface area contributed by atoms with E-state index in [4.69, 9.17) is 5.73 Å². The summed E-state index contributed by atoms with van der Waals surface area (Å²) in [6.07, 6.45) is 6.19. The molecular weight excluding hydrogens is 514 g/mol. The first-order valence-corrected chi connectivity index (χ1v) is 14.0. The molecule has 10 heteroatoms. The van der Waals surface area contributed by atoms with Crippen LogP contribution in [0, 0.1) is 6.92 Å². The summed E-state index contributed by atoms with van der Waals surface area (Å²) in [6.45, 7) is 5.35. The van der Waals surface area contributed by atoms with E-state index in [1.807, 2.05) is 48.4 Å². The predicted octanol–water partition coefficient (Wildman–Crippen LogP) is 5.19. The van der Waals surface area contributed by atoms with Gasteiger partial charge in [-0.3, -0.25) is 4.68 Å². The number of fused-ring (bicyclic) bond motifs is 2. The number of carbonyl (C=O) groups is 1. The maximum atomic E-state index is 13.2. The minimum Gasteiger partial charge on any atom is -0.368 e. The monoisotopic (exact) mass is 547 g/mol. The van der Waals surface area contributed by atoms with E-state index in [2.05, 4.69) is 66.4 Å². The Labute approximate surface area is 238 Å². The second kappa shape index (κ2) is 10.0. The zero-order valence-electron chi connectivity index (χ0n) is 23.3. The number of aromatic amines is 1. The SMILES string of the molecule is Cc1c(NC(=O)N2Cc3ccccc3C2)cccc1-c1nc(N)nc2[nH]c(-c3cnn(C4CCN(C)CC4)c3)cc12. The molecule has 4 N–H and O–H groups in total. The van der Waals surface area contributed by atoms with Crippen molar-refractivity contribution < 1.29 is 4.79 Å². The molecular formula is C31H33N9O. The van der Waals surface area contributed by atoms with Gasteiger partial charge in [0, 0.05) is 41.5 Å². The van der Waals surface area contributed by atoms with E-state index in [1.54, 1.807) is 0 Å². The van der Waals surface area contributed by atoms with E-state index in [0.29, 0.717) is 24.8 Å². The Morgan fingerprint density at radius 1 is 1.05 bits per heavy atom. The van der Waals surface area contributed by atoms with Crippen molar-refractivity contribution in [3.8, 4) is 22.5 Å². The van der Waals surface area contributed by atoms with Crippen LogP contribution in [0.25, 0.3) is 33.5 Å². The Kier molecular flexibility index (Phi) is 6.19. The average Bonchev–Trinajstić information content (AvgIpc) is 3.72. The van der Waals surface area contributed by atoms with Crippen molar-refractivity contribution in [2.45, 2.75) is 38.9 Å². The Hall–Kier alpha value is -4.70. The molecule has 0 radical (unpaired) electrons. The largest absolute Gasteiger partial charge is 0.368 e. The zero-order valence-corrected chi connectivity index (χ0v) is 23.3. The van der Waals surface area contributed by atoms with Gasteiger partial charge < -0.3 is 25.8 Å². The summed E-state index contributed by atoms with van der Waals surface area (Å²) < 4.78 is 2.09. The fraction of sp³-hybridized carbons (Fsp3) is 0.290. The van der Waals surface area contributed by atoms with Crippen LogP contribution in [0.15, 0.2) is 60.9 Å². The van der Waals surface area contributed by atoms with Crippen LogP contribution >= 0.6 is 0 Å². The number of rotatable bonds is 4. The lowest BCUT2D eigenvalue weighted by molar-refractivity contribution is 0.212. The van der Waals surface area contributed by atoms with Crippen LogP contribution in [-0.4, -0.2) is 60.7 Å². The molecule has 0 bridgehead atoms. The van der Waals surface area contributed by atoms with Crippen molar-refractivity contribution >= 4 is 28.7 Å². The number of urea groups is 1. The first kappa shape index (κ1) is 25.3. The van der Waals surface area contributed by atoms with Gasteiger partial charge in [0.1, 0.15) is 5.65 Å². The van der Waals surface area contributed by atoms with Crippen LogP contribution in [0.2, 0.25) is 0 Å². The summed E-state index contributed by atoms with van der Waals surface area (Å²) in [5, 5.41) is 8.66. The third-order valence-corrected chi connectivity index (χ3v) is 8.44. The van der Waals surface area contributed by atoms with Gasteiger partial charge in [-0.1, -0.05) is 36.4 Å². The molecule has 0 unspecified atom stereocenters. The fourth-order valence-electron chi connectivity index (χ4n) is 6.02. The highest BCUT2D eigenvalue weighted by Crippen LogP contribution is 2.35. The van der Waals surface area contributed by atoms with Crippen molar-refractivity contribution in [3.63, 3.8) is 0 Å². The lowest BCUT2D eigenvalue weighted by Crippen LogP contribution is -2.31. The van der Waals surface area contributed by atoms with Gasteiger partial charge in [0.15, 0.2) is 0 Å². The van der Waals surface area contributed by atoms with Gasteiger partial charge in [-0.05, 0) is 68.7 Å². The van der Waals surface area contributed by atoms with Crippen molar-refractivity contribution in [3.05, 3.63) is 77.6 Å². The molecule has 1 saturated heterocycles. The number of nitrogen functional groups attached to an aromatic ring is 1. The van der Waals surface area contributed by atoms with Crippen molar-refractivity contribution in [2.75, 3.05) is 31.2 Å². The molecule has 2 aliphatic rings. The lowest BCUT2D eigenvalue weighted by atomic mass is 10.0. The summed E-state index contributed by atoms with van der Waals surface area (Å²) >= 11 is 0. The smallest absolute Gasteiger partial charge is 0.322 e. The summed E-state index contributed by atoms with van der Waals surface area (Å²) in [5.41, 5.74) is 14.4. The highest BCUT2D eigenvalue weighted by atomic mass is 16.2. The molecule has 3 aromatic heterocycles. The van der Waals surface area contributed by atoms with Crippen LogP contribution < -0.4 is 11.1 Å². The summed E-state index contributed by atoms with van der Waals surface area (Å²) in [5.74, 6) is 0.187. The first-order valence-electron chi connectivity index (χ1n) is 14.0. The third kappa shape index (κ3) is 4.70. The molecule has 208 valence electrons. The fourth-order valence-corrected chi connectivity index (χ4v) is 6.02. The van der Waals surface area contributed by atoms with E-state index in [-0.39, 0.29) is 12.0 Å². The molecule has 1 fully saturated rings. The molecule has 0 atom stereocenters. The lowest BCUT2D eigenvalue weighted by Gasteiger charge is -2.28. The number of hydrogen-bond acceptors (Lipinski definition) is 6. The normalized spacial score (nSPS) is 15.9. The molecule has 2 amide bonds. The van der Waals surface area contributed by atoms with Gasteiger partial charge in [0.2, 0.25) is 5.95 Å². The van der Waals surface area contributed by atoms with E-state index in [0.717, 1.165) is 65.1 Å². The molecule has 5 heterocycles. The van der Waals surface area contributed by atoms with E-state index < -0.39 is 0 Å². The molecule has 0 aliphatic carbocycles. The van der Waals surface area contributed by atoms with Crippen molar-refractivity contribution in [1.29, 1.82) is 0 Å². The number of nitrogens with one attached hydrogen (secondary N) is 2. The van der Waals surface area contributed by atoms with E-state index in [1.165, 1.54) is 11.1 Å². The van der Waals surface area contributed by atoms with Gasteiger partial charge in [-0.2, -0.15) is 10.1 Å². The van der Waals surface area contributed by atoms with Crippen molar-refractivity contribution in [2.24, 2.45) is 0 Å². The molecule has 7 rings (SSSR count). The molecule has 5 aromatic rings. The van der Waals surface area contributed by atoms with E-state index in [9.17, 15) is 4.79 Å². The molecule has 2 aromatic carbocycles. The zero-order chi connectivity index (χ0) is 28.1. The topological polar surface area (TPSA) is 121 Å². The number of piperidine rings is 1. The van der Waals surface area contributed by atoms with Gasteiger partial charge in [0.25, 0.3) is 0 Å². The summed E-state index contributed by atoms with van der Waals surface area (Å²) in [7, 11) is 2.16. The predicted molar refractivity (Wildman–Crippen MR) is 160 cm³/mol. The average molecular weight is 548 g/mol. The number of H-pyrrole nitrogens is 1. The number of nitrogens with zero attached hydrogens (tertiary/aromatic N) is 6. The number of anilines is 2. The Bertz CT molecular complexity index is 1740. The molecule has 2 aliphatic heterocycles. The van der Waals surface area contributed by atoms with Crippen LogP contribution in [-0.2, 0) is 13.1 Å². The first-order chi connectivity index (χ1) is 19.9. The minimum atomic E-state index is -0.126. The molecule has 10 nitrogen and oxygen atoms in total. The van der Waals surface area contributed by atoms with Gasteiger partial charge in [-0.15, -0.1) is 0 Å². The van der Waals surface area contributed by atoms with Crippen LogP contribution in [0.4, 0.5) is 16.4 Å². The van der Waals surface area contributed by atoms with Crippen LogP contribution in [0.1, 0.15) is 35.6 Å². The third-order valence-electron chi connectivity index (χ3n) is 8.44. The summed E-state index contributed by atoms with van der Waals surface area (Å²) in [6, 6.07) is 16.4. The van der Waals surface area contributed by atoms with Gasteiger partial charge in [-0.25, -0.2) is 9.78 Å². The summed E-state index contributed by atoms with van der Waals surface area (Å²) in [4.78, 5) is 29.9. The number of benzene rings is 2. The Morgan fingerprint density at radius 3 is 2.56 bits per heavy atom. The highest BCUT2D eigenvalue weighted by molar-refractivity contribution is 5.98. The second-order valence-corrected chi connectivity index (χ2v) is 11.2. The number of hydrogen-bond donors (Lipinski definition) is 3. The van der Waals surface area contributed by atoms with Crippen LogP contribution in [0.5, 0.6) is 0 Å². The van der Waals surface area contributed by atoms with Gasteiger partial charge >= 0.3 is 6.03 Å². The number of likely N-dealkylation sites (tertiary alicyclic amines) is 1. The molecule has 0 saturated carbocycles. The molecule has 0 spiro atoms. The van der Waals surface area contributed by atoms with Gasteiger partial charge in [0.05, 0.1) is 23.6 Å². The standard InChI is InChI=1S/C31H33N9O/c1-19-24(8-5-9-26(19)35-31(41)39-16-20-6-3-4-7-21(20)17-39)28-25-14-27(34-29(25)37-30(32)36-28)22-15-33-40(18-22)23-10-12-38(2)13-11-23/h3-9,14-15,18,23H,10-13,16-17H2,1-2H3,(H,35,41)(H3,32,34,36,37). The maximum absolute atomic E-state index is 13.2. The highest BCUT2D eigenvalue weighted by Gasteiger charge is 2.24. The quantitative estimate of drug-likeness (QED) is 0.285. The Balaban J connectivity index is 1.18. The number of nitrogens with two attached hydrogens (primary N) is 1. The Morgan fingerprint density at radius 2 is 1.80 bits per heavy atom.